The van der Waals surface area contributed by atoms with Gasteiger partial charge in [-0.15, -0.1) is 0 Å². The van der Waals surface area contributed by atoms with E-state index in [1.54, 1.807) is 17.9 Å². The van der Waals surface area contributed by atoms with Crippen LogP contribution in [0.4, 0.5) is 0 Å². The van der Waals surface area contributed by atoms with Crippen LogP contribution in [0.15, 0.2) is 27.6 Å². The van der Waals surface area contributed by atoms with E-state index in [0.717, 1.165) is 39.0 Å². The molecule has 0 atom stereocenters. The zero-order valence-corrected chi connectivity index (χ0v) is 15.4. The minimum absolute atomic E-state index is 0.0232. The number of aromatic nitrogens is 4. The smallest absolute Gasteiger partial charge is 0.326 e. The van der Waals surface area contributed by atoms with Crippen LogP contribution < -0.4 is 10.4 Å². The maximum Gasteiger partial charge on any atom is 0.326 e. The van der Waals surface area contributed by atoms with Crippen molar-refractivity contribution in [1.82, 2.24) is 19.7 Å². The van der Waals surface area contributed by atoms with Gasteiger partial charge in [-0.05, 0) is 39.8 Å². The maximum atomic E-state index is 12.3. The number of H-pyrrole nitrogens is 1. The van der Waals surface area contributed by atoms with Crippen molar-refractivity contribution in [2.75, 3.05) is 7.11 Å². The maximum absolute atomic E-state index is 12.3. The minimum atomic E-state index is -0.141. The Bertz CT molecular complexity index is 1180. The Hall–Kier alpha value is -3.09. The average Bonchev–Trinajstić information content (AvgIpc) is 3.12. The first-order valence-corrected chi connectivity index (χ1v) is 8.46. The normalized spacial score (nSPS) is 11.8. The van der Waals surface area contributed by atoms with E-state index in [0.29, 0.717) is 11.3 Å². The van der Waals surface area contributed by atoms with Gasteiger partial charge in [0.05, 0.1) is 41.1 Å². The van der Waals surface area contributed by atoms with Gasteiger partial charge < -0.3 is 14.2 Å². The molecule has 0 aliphatic carbocycles. The van der Waals surface area contributed by atoms with Crippen molar-refractivity contribution in [2.45, 2.75) is 33.7 Å². The molecule has 1 N–H and O–H groups in total. The zero-order valence-electron chi connectivity index (χ0n) is 15.4. The molecule has 0 radical (unpaired) electrons. The molecule has 0 unspecified atom stereocenters. The largest absolute Gasteiger partial charge is 0.496 e. The van der Waals surface area contributed by atoms with Gasteiger partial charge in [-0.25, -0.2) is 4.79 Å². The molecule has 7 nitrogen and oxygen atoms in total. The third-order valence-electron chi connectivity index (χ3n) is 4.68. The number of aromatic amines is 1. The Labute approximate surface area is 149 Å². The second kappa shape index (κ2) is 5.72. The molecule has 0 fully saturated rings. The highest BCUT2D eigenvalue weighted by Gasteiger charge is 2.20. The van der Waals surface area contributed by atoms with Crippen molar-refractivity contribution in [3.63, 3.8) is 0 Å². The Morgan fingerprint density at radius 3 is 2.65 bits per heavy atom. The fourth-order valence-corrected chi connectivity index (χ4v) is 3.56. The lowest BCUT2D eigenvalue weighted by Gasteiger charge is -2.13. The van der Waals surface area contributed by atoms with Crippen LogP contribution in [0.1, 0.15) is 31.3 Å². The third-order valence-corrected chi connectivity index (χ3v) is 4.68. The number of aryl methyl sites for hydroxylation is 2. The summed E-state index contributed by atoms with van der Waals surface area (Å²) < 4.78 is 12.7. The van der Waals surface area contributed by atoms with Crippen LogP contribution in [0.2, 0.25) is 0 Å². The molecule has 0 aliphatic heterocycles. The van der Waals surface area contributed by atoms with Crippen molar-refractivity contribution in [3.05, 3.63) is 40.3 Å². The summed E-state index contributed by atoms with van der Waals surface area (Å²) >= 11 is 0. The van der Waals surface area contributed by atoms with E-state index in [-0.39, 0.29) is 11.7 Å². The van der Waals surface area contributed by atoms with Gasteiger partial charge in [-0.1, -0.05) is 5.16 Å². The molecular weight excluding hydrogens is 332 g/mol. The van der Waals surface area contributed by atoms with E-state index in [2.05, 4.69) is 15.1 Å². The number of imidazole rings is 1. The second-order valence-corrected chi connectivity index (χ2v) is 6.68. The lowest BCUT2D eigenvalue weighted by molar-refractivity contribution is 0.393. The Balaban J connectivity index is 2.13. The number of nitrogens with zero attached hydrogens (tertiary/aromatic N) is 3. The number of ether oxygens (including phenoxy) is 1. The number of methoxy groups -OCH3 is 1. The standard InChI is InChI=1S/C19H20N4O3/c1-9(2)23-18-12-7-16(25-5)13(17-10(3)22-26-11(17)4)6-14(12)20-8-15(18)21-19(23)24/h6-9H,1-5H3,(H,21,24). The number of hydrogen-bond donors (Lipinski definition) is 1. The van der Waals surface area contributed by atoms with E-state index >= 15 is 0 Å². The summed E-state index contributed by atoms with van der Waals surface area (Å²) in [6.45, 7) is 7.74. The topological polar surface area (TPSA) is 85.9 Å². The average molecular weight is 352 g/mol. The minimum Gasteiger partial charge on any atom is -0.496 e. The van der Waals surface area contributed by atoms with Gasteiger partial charge in [0.2, 0.25) is 0 Å². The highest BCUT2D eigenvalue weighted by atomic mass is 16.5. The summed E-state index contributed by atoms with van der Waals surface area (Å²) in [5, 5.41) is 4.90. The van der Waals surface area contributed by atoms with Crippen LogP contribution >= 0.6 is 0 Å². The zero-order chi connectivity index (χ0) is 18.6. The summed E-state index contributed by atoms with van der Waals surface area (Å²) in [6, 6.07) is 3.91. The van der Waals surface area contributed by atoms with E-state index in [4.69, 9.17) is 9.26 Å². The Kier molecular flexibility index (Phi) is 3.61. The molecule has 134 valence electrons. The molecule has 4 aromatic rings. The number of hydrogen-bond acceptors (Lipinski definition) is 5. The van der Waals surface area contributed by atoms with Crippen molar-refractivity contribution in [3.8, 4) is 16.9 Å². The van der Waals surface area contributed by atoms with Gasteiger partial charge >= 0.3 is 5.69 Å². The summed E-state index contributed by atoms with van der Waals surface area (Å²) in [5.41, 5.74) is 4.75. The number of fused-ring (bicyclic) bond motifs is 3. The van der Waals surface area contributed by atoms with Crippen LogP contribution in [0.3, 0.4) is 0 Å². The van der Waals surface area contributed by atoms with Crippen molar-refractivity contribution >= 4 is 21.9 Å². The molecule has 0 amide bonds. The Morgan fingerprint density at radius 1 is 1.27 bits per heavy atom. The fourth-order valence-electron chi connectivity index (χ4n) is 3.56. The van der Waals surface area contributed by atoms with Gasteiger partial charge in [-0.3, -0.25) is 9.55 Å². The monoisotopic (exact) mass is 352 g/mol. The first kappa shape index (κ1) is 16.4. The molecule has 0 saturated heterocycles. The molecule has 0 saturated carbocycles. The Morgan fingerprint density at radius 2 is 2.04 bits per heavy atom. The second-order valence-electron chi connectivity index (χ2n) is 6.68. The first-order chi connectivity index (χ1) is 12.4. The number of benzene rings is 1. The SMILES string of the molecule is COc1cc2c(cc1-c1c(C)noc1C)ncc1[nH]c(=O)n(C(C)C)c12. The van der Waals surface area contributed by atoms with Crippen LogP contribution in [-0.4, -0.2) is 26.8 Å². The van der Waals surface area contributed by atoms with E-state index in [9.17, 15) is 4.79 Å². The fraction of sp³-hybridized carbons (Fsp3) is 0.316. The predicted molar refractivity (Wildman–Crippen MR) is 99.8 cm³/mol. The summed E-state index contributed by atoms with van der Waals surface area (Å²) in [4.78, 5) is 19.8. The third kappa shape index (κ3) is 2.23. The van der Waals surface area contributed by atoms with Gasteiger partial charge in [0.25, 0.3) is 0 Å². The molecule has 0 aliphatic rings. The van der Waals surface area contributed by atoms with Gasteiger partial charge in [0, 0.05) is 17.0 Å². The van der Waals surface area contributed by atoms with Crippen LogP contribution in [0.5, 0.6) is 5.75 Å². The molecule has 3 aromatic heterocycles. The highest BCUT2D eigenvalue weighted by molar-refractivity contribution is 6.04. The summed E-state index contributed by atoms with van der Waals surface area (Å²) in [5.74, 6) is 1.41. The molecule has 26 heavy (non-hydrogen) atoms. The molecule has 3 heterocycles. The lowest BCUT2D eigenvalue weighted by Crippen LogP contribution is -2.18. The van der Waals surface area contributed by atoms with Gasteiger partial charge in [-0.2, -0.15) is 0 Å². The van der Waals surface area contributed by atoms with E-state index < -0.39 is 0 Å². The van der Waals surface area contributed by atoms with Crippen molar-refractivity contribution < 1.29 is 9.26 Å². The van der Waals surface area contributed by atoms with Crippen LogP contribution in [0, 0.1) is 13.8 Å². The molecule has 0 spiro atoms. The van der Waals surface area contributed by atoms with E-state index in [1.807, 2.05) is 39.8 Å². The predicted octanol–water partition coefficient (Wildman–Crippen LogP) is 3.74. The number of rotatable bonds is 3. The highest BCUT2D eigenvalue weighted by Crippen LogP contribution is 2.38. The van der Waals surface area contributed by atoms with E-state index in [1.165, 1.54) is 0 Å². The number of pyridine rings is 1. The van der Waals surface area contributed by atoms with Crippen LogP contribution in [0.25, 0.3) is 33.1 Å². The summed E-state index contributed by atoms with van der Waals surface area (Å²) in [6.07, 6.45) is 1.70. The quantitative estimate of drug-likeness (QED) is 0.607. The molecule has 1 aromatic carbocycles. The molecular formula is C19H20N4O3. The van der Waals surface area contributed by atoms with Crippen molar-refractivity contribution in [1.29, 1.82) is 0 Å². The summed E-state index contributed by atoms with van der Waals surface area (Å²) in [7, 11) is 1.63. The first-order valence-electron chi connectivity index (χ1n) is 8.46. The van der Waals surface area contributed by atoms with Gasteiger partial charge in [0.15, 0.2) is 0 Å². The lowest BCUT2D eigenvalue weighted by atomic mass is 10.0. The molecule has 7 heteroatoms. The van der Waals surface area contributed by atoms with Gasteiger partial charge in [0.1, 0.15) is 11.5 Å². The molecule has 4 rings (SSSR count). The van der Waals surface area contributed by atoms with Crippen LogP contribution in [-0.2, 0) is 0 Å². The van der Waals surface area contributed by atoms with Crippen molar-refractivity contribution in [2.24, 2.45) is 0 Å². The molecule has 0 bridgehead atoms. The number of nitrogens with one attached hydrogen (secondary N) is 1.